The second-order valence-electron chi connectivity index (χ2n) is 2.68. The molecule has 0 fully saturated rings. The van der Waals surface area contributed by atoms with E-state index in [9.17, 15) is 4.79 Å². The molecule has 0 saturated carbocycles. The zero-order valence-corrected chi connectivity index (χ0v) is 11.0. The molecule has 1 rings (SSSR count). The summed E-state index contributed by atoms with van der Waals surface area (Å²) in [7, 11) is 0. The highest BCUT2D eigenvalue weighted by molar-refractivity contribution is 14.1. The summed E-state index contributed by atoms with van der Waals surface area (Å²) in [6, 6.07) is 5.19. The van der Waals surface area contributed by atoms with Crippen LogP contribution in [-0.4, -0.2) is 12.6 Å². The largest absolute Gasteiger partial charge is 0.462 e. The summed E-state index contributed by atoms with van der Waals surface area (Å²) < 4.78 is 5.55. The molecule has 3 nitrogen and oxygen atoms in total. The Kier molecular flexibility index (Phi) is 4.42. The first-order chi connectivity index (χ1) is 7.10. The minimum absolute atomic E-state index is 0.331. The van der Waals surface area contributed by atoms with Crippen molar-refractivity contribution in [1.29, 1.82) is 5.26 Å². The molecule has 0 unspecified atom stereocenters. The maximum atomic E-state index is 11.4. The molecule has 1 aromatic rings. The van der Waals surface area contributed by atoms with Crippen molar-refractivity contribution in [2.24, 2.45) is 0 Å². The third-order valence-corrected chi connectivity index (χ3v) is 2.90. The van der Waals surface area contributed by atoms with Gasteiger partial charge >= 0.3 is 5.97 Å². The maximum Gasteiger partial charge on any atom is 0.338 e. The Morgan fingerprint density at radius 2 is 2.33 bits per heavy atom. The predicted octanol–water partition coefficient (Wildman–Crippen LogP) is 2.63. The van der Waals surface area contributed by atoms with Gasteiger partial charge in [-0.2, -0.15) is 5.26 Å². The average Bonchev–Trinajstić information content (AvgIpc) is 2.17. The first-order valence-corrected chi connectivity index (χ1v) is 5.72. The van der Waals surface area contributed by atoms with Crippen molar-refractivity contribution in [2.45, 2.75) is 11.8 Å². The van der Waals surface area contributed by atoms with Gasteiger partial charge in [-0.25, -0.2) is 4.79 Å². The highest BCUT2D eigenvalue weighted by atomic mass is 127. The van der Waals surface area contributed by atoms with E-state index in [-0.39, 0.29) is 0 Å². The Morgan fingerprint density at radius 1 is 1.67 bits per heavy atom. The van der Waals surface area contributed by atoms with E-state index in [0.717, 1.165) is 0 Å². The maximum absolute atomic E-state index is 11.4. The Morgan fingerprint density at radius 3 is 2.80 bits per heavy atom. The quantitative estimate of drug-likeness (QED) is 0.514. The number of ether oxygens (including phenoxy) is 1. The number of thiol groups is 1. The number of carbonyl (C=O) groups excluding carboxylic acids is 1. The SMILES string of the molecule is CCOC(=O)c1cc(S)c(C#N)c(I)c1. The van der Waals surface area contributed by atoms with Gasteiger partial charge in [-0.15, -0.1) is 12.6 Å². The van der Waals surface area contributed by atoms with Crippen LogP contribution >= 0.6 is 35.2 Å². The molecule has 0 aromatic heterocycles. The second kappa shape index (κ2) is 5.37. The average molecular weight is 333 g/mol. The lowest BCUT2D eigenvalue weighted by Gasteiger charge is -2.05. The first-order valence-electron chi connectivity index (χ1n) is 4.19. The molecule has 15 heavy (non-hydrogen) atoms. The van der Waals surface area contributed by atoms with Gasteiger partial charge in [0.2, 0.25) is 0 Å². The number of hydrogen-bond acceptors (Lipinski definition) is 4. The normalized spacial score (nSPS) is 9.47. The number of halogens is 1. The van der Waals surface area contributed by atoms with Crippen LogP contribution in [0.15, 0.2) is 17.0 Å². The van der Waals surface area contributed by atoms with Gasteiger partial charge in [-0.3, -0.25) is 0 Å². The summed E-state index contributed by atoms with van der Waals surface area (Å²) in [5.74, 6) is -0.393. The fourth-order valence-corrected chi connectivity index (χ4v) is 2.30. The third-order valence-electron chi connectivity index (χ3n) is 1.69. The van der Waals surface area contributed by atoms with Gasteiger partial charge in [-0.05, 0) is 41.6 Å². The fraction of sp³-hybridized carbons (Fsp3) is 0.200. The van der Waals surface area contributed by atoms with Crippen LogP contribution in [0.5, 0.6) is 0 Å². The highest BCUT2D eigenvalue weighted by Gasteiger charge is 2.12. The lowest BCUT2D eigenvalue weighted by molar-refractivity contribution is 0.0526. The Bertz CT molecular complexity index is 417. The van der Waals surface area contributed by atoms with Crippen molar-refractivity contribution in [3.8, 4) is 6.07 Å². The first kappa shape index (κ1) is 12.3. The van der Waals surface area contributed by atoms with Crippen molar-refractivity contribution in [3.63, 3.8) is 0 Å². The number of benzene rings is 1. The van der Waals surface area contributed by atoms with Gasteiger partial charge in [0, 0.05) is 8.47 Å². The van der Waals surface area contributed by atoms with Gasteiger partial charge in [0.25, 0.3) is 0 Å². The minimum Gasteiger partial charge on any atom is -0.462 e. The highest BCUT2D eigenvalue weighted by Crippen LogP contribution is 2.22. The number of hydrogen-bond donors (Lipinski definition) is 1. The van der Waals surface area contributed by atoms with Gasteiger partial charge in [0.15, 0.2) is 0 Å². The van der Waals surface area contributed by atoms with Crippen molar-refractivity contribution in [2.75, 3.05) is 6.61 Å². The third kappa shape index (κ3) is 2.86. The summed E-state index contributed by atoms with van der Waals surface area (Å²) in [5.41, 5.74) is 0.900. The van der Waals surface area contributed by atoms with Crippen molar-refractivity contribution < 1.29 is 9.53 Å². The number of nitrogens with zero attached hydrogens (tertiary/aromatic N) is 1. The molecule has 0 saturated heterocycles. The van der Waals surface area contributed by atoms with Crippen molar-refractivity contribution >= 4 is 41.2 Å². The molecule has 0 bridgehead atoms. The molecule has 0 spiro atoms. The van der Waals surface area contributed by atoms with Crippen molar-refractivity contribution in [1.82, 2.24) is 0 Å². The number of esters is 1. The van der Waals surface area contributed by atoms with E-state index in [1.807, 2.05) is 28.7 Å². The number of rotatable bonds is 2. The van der Waals surface area contributed by atoms with Gasteiger partial charge in [0.05, 0.1) is 17.7 Å². The lowest BCUT2D eigenvalue weighted by Crippen LogP contribution is -2.05. The van der Waals surface area contributed by atoms with Gasteiger partial charge in [0.1, 0.15) is 6.07 Å². The standard InChI is InChI=1S/C10H8INO2S/c1-2-14-10(13)6-3-8(11)7(5-12)9(15)4-6/h3-4,15H,2H2,1H3. The van der Waals surface area contributed by atoms with E-state index in [0.29, 0.717) is 26.2 Å². The zero-order chi connectivity index (χ0) is 11.4. The van der Waals surface area contributed by atoms with Crippen LogP contribution in [0.3, 0.4) is 0 Å². The summed E-state index contributed by atoms with van der Waals surface area (Å²) in [6.45, 7) is 2.07. The molecule has 0 heterocycles. The van der Waals surface area contributed by atoms with Crippen molar-refractivity contribution in [3.05, 3.63) is 26.8 Å². The molecule has 1 aromatic carbocycles. The monoisotopic (exact) mass is 333 g/mol. The van der Waals surface area contributed by atoms with Crippen LogP contribution in [-0.2, 0) is 4.74 Å². The molecule has 0 amide bonds. The van der Waals surface area contributed by atoms with E-state index in [4.69, 9.17) is 10.00 Å². The molecule has 0 atom stereocenters. The smallest absolute Gasteiger partial charge is 0.338 e. The van der Waals surface area contributed by atoms with Crippen LogP contribution in [0.2, 0.25) is 0 Å². The molecule has 5 heteroatoms. The van der Waals surface area contributed by atoms with Crippen LogP contribution in [0.4, 0.5) is 0 Å². The van der Waals surface area contributed by atoms with E-state index >= 15 is 0 Å². The molecular weight excluding hydrogens is 325 g/mol. The Labute approximate surface area is 107 Å². The van der Waals surface area contributed by atoms with E-state index in [1.165, 1.54) is 0 Å². The number of carbonyl (C=O) groups is 1. The zero-order valence-electron chi connectivity index (χ0n) is 7.95. The topological polar surface area (TPSA) is 50.1 Å². The van der Waals surface area contributed by atoms with Crippen LogP contribution in [0, 0.1) is 14.9 Å². The molecule has 0 aliphatic carbocycles. The minimum atomic E-state index is -0.393. The van der Waals surface area contributed by atoms with E-state index < -0.39 is 5.97 Å². The van der Waals surface area contributed by atoms with Gasteiger partial charge < -0.3 is 4.74 Å². The predicted molar refractivity (Wildman–Crippen MR) is 67.1 cm³/mol. The lowest BCUT2D eigenvalue weighted by atomic mass is 10.1. The second-order valence-corrected chi connectivity index (χ2v) is 4.33. The summed E-state index contributed by atoms with van der Waals surface area (Å²) in [6.07, 6.45) is 0. The van der Waals surface area contributed by atoms with E-state index in [1.54, 1.807) is 19.1 Å². The van der Waals surface area contributed by atoms with Crippen LogP contribution < -0.4 is 0 Å². The van der Waals surface area contributed by atoms with Crippen LogP contribution in [0.1, 0.15) is 22.8 Å². The summed E-state index contributed by atoms with van der Waals surface area (Å²) in [5, 5.41) is 8.81. The Balaban J connectivity index is 3.15. The molecule has 0 aliphatic rings. The Hall–Kier alpha value is -0.740. The summed E-state index contributed by atoms with van der Waals surface area (Å²) in [4.78, 5) is 11.9. The van der Waals surface area contributed by atoms with Crippen LogP contribution in [0.25, 0.3) is 0 Å². The van der Waals surface area contributed by atoms with E-state index in [2.05, 4.69) is 12.6 Å². The molecular formula is C10H8INO2S. The molecule has 0 N–H and O–H groups in total. The molecule has 0 radical (unpaired) electrons. The van der Waals surface area contributed by atoms with Gasteiger partial charge in [-0.1, -0.05) is 0 Å². The molecule has 0 aliphatic heterocycles. The summed E-state index contributed by atoms with van der Waals surface area (Å²) >= 11 is 6.14. The fourth-order valence-electron chi connectivity index (χ4n) is 1.04. The number of nitriles is 1. The molecule has 78 valence electrons.